The molecule has 0 aromatic heterocycles. The lowest BCUT2D eigenvalue weighted by Crippen LogP contribution is -2.48. The summed E-state index contributed by atoms with van der Waals surface area (Å²) in [5.41, 5.74) is 1.40. The van der Waals surface area contributed by atoms with E-state index in [1.54, 1.807) is 7.11 Å². The fourth-order valence-corrected chi connectivity index (χ4v) is 7.70. The molecule has 0 radical (unpaired) electrons. The van der Waals surface area contributed by atoms with E-state index in [1.165, 1.54) is 56.9 Å². The van der Waals surface area contributed by atoms with Gasteiger partial charge in [-0.1, -0.05) is 12.1 Å². The first-order valence-corrected chi connectivity index (χ1v) is 12.9. The van der Waals surface area contributed by atoms with Crippen molar-refractivity contribution in [1.29, 1.82) is 0 Å². The Bertz CT molecular complexity index is 811. The predicted molar refractivity (Wildman–Crippen MR) is 128 cm³/mol. The largest absolute Gasteiger partial charge is 0.497 e. The van der Waals surface area contributed by atoms with Crippen LogP contribution in [0.2, 0.25) is 0 Å². The highest BCUT2D eigenvalue weighted by Gasteiger charge is 2.51. The molecule has 5 fully saturated rings. The fraction of sp³-hybridized carbons (Fsp3) is 0.704. The summed E-state index contributed by atoms with van der Waals surface area (Å²) < 4.78 is 5.29. The first-order chi connectivity index (χ1) is 16.0. The number of ether oxygens (including phenoxy) is 1. The molecular weight excluding hydrogens is 414 g/mol. The molecule has 6 heteroatoms. The van der Waals surface area contributed by atoms with E-state index in [2.05, 4.69) is 27.7 Å². The molecule has 2 amide bonds. The van der Waals surface area contributed by atoms with Crippen LogP contribution in [-0.2, 0) is 9.59 Å². The Hall–Kier alpha value is -2.08. The van der Waals surface area contributed by atoms with Crippen molar-refractivity contribution in [1.82, 2.24) is 15.5 Å². The standard InChI is InChI=1S/C27H39N3O3/c1-33-23-6-4-22(5-7-23)24(30-8-2-3-9-30)17-28-26(32)18-29-25(31)16-27-13-19-10-20(14-27)12-21(11-19)15-27/h4-7,19-21,24H,2-3,8-18H2,1H3,(H,28,32)(H,29,31). The minimum atomic E-state index is -0.105. The van der Waals surface area contributed by atoms with Gasteiger partial charge in [0.1, 0.15) is 5.75 Å². The first kappa shape index (κ1) is 22.7. The first-order valence-electron chi connectivity index (χ1n) is 12.9. The van der Waals surface area contributed by atoms with Crippen LogP contribution >= 0.6 is 0 Å². The number of carbonyl (C=O) groups excluding carboxylic acids is 2. The fourth-order valence-electron chi connectivity index (χ4n) is 7.70. The molecule has 1 aliphatic heterocycles. The van der Waals surface area contributed by atoms with Crippen LogP contribution in [0.3, 0.4) is 0 Å². The Morgan fingerprint density at radius 3 is 2.15 bits per heavy atom. The molecule has 6 rings (SSSR count). The number of amides is 2. The summed E-state index contributed by atoms with van der Waals surface area (Å²) in [7, 11) is 1.67. The molecule has 33 heavy (non-hydrogen) atoms. The second kappa shape index (κ2) is 9.65. The van der Waals surface area contributed by atoms with Gasteiger partial charge in [0, 0.05) is 13.0 Å². The Morgan fingerprint density at radius 1 is 0.970 bits per heavy atom. The molecule has 4 aliphatic carbocycles. The molecule has 0 spiro atoms. The second-order valence-corrected chi connectivity index (χ2v) is 11.2. The van der Waals surface area contributed by atoms with Gasteiger partial charge in [0.15, 0.2) is 0 Å². The third-order valence-corrected chi connectivity index (χ3v) is 8.72. The van der Waals surface area contributed by atoms with Crippen LogP contribution in [0.4, 0.5) is 0 Å². The molecular formula is C27H39N3O3. The van der Waals surface area contributed by atoms with Crippen molar-refractivity contribution in [2.75, 3.05) is 33.3 Å². The molecule has 1 saturated heterocycles. The monoisotopic (exact) mass is 453 g/mol. The minimum Gasteiger partial charge on any atom is -0.497 e. The molecule has 5 aliphatic rings. The lowest BCUT2D eigenvalue weighted by molar-refractivity contribution is -0.132. The van der Waals surface area contributed by atoms with Crippen molar-refractivity contribution in [3.05, 3.63) is 29.8 Å². The number of methoxy groups -OCH3 is 1. The van der Waals surface area contributed by atoms with E-state index in [0.29, 0.717) is 13.0 Å². The highest BCUT2D eigenvalue weighted by molar-refractivity contribution is 5.85. The molecule has 1 heterocycles. The lowest BCUT2D eigenvalue weighted by Gasteiger charge is -2.56. The van der Waals surface area contributed by atoms with E-state index in [4.69, 9.17) is 4.74 Å². The molecule has 1 unspecified atom stereocenters. The van der Waals surface area contributed by atoms with Crippen molar-refractivity contribution >= 4 is 11.8 Å². The minimum absolute atomic E-state index is 0.0540. The summed E-state index contributed by atoms with van der Waals surface area (Å²) in [6.07, 6.45) is 10.8. The molecule has 1 aromatic carbocycles. The van der Waals surface area contributed by atoms with Gasteiger partial charge >= 0.3 is 0 Å². The van der Waals surface area contributed by atoms with Crippen LogP contribution in [-0.4, -0.2) is 50.0 Å². The zero-order valence-electron chi connectivity index (χ0n) is 20.0. The SMILES string of the molecule is COc1ccc(C(CNC(=O)CNC(=O)CC23CC4CC(CC(C4)C2)C3)N2CCCC2)cc1. The smallest absolute Gasteiger partial charge is 0.239 e. The maximum atomic E-state index is 12.8. The van der Waals surface area contributed by atoms with E-state index in [-0.39, 0.29) is 29.8 Å². The van der Waals surface area contributed by atoms with Crippen LogP contribution in [0.25, 0.3) is 0 Å². The Morgan fingerprint density at radius 2 is 1.58 bits per heavy atom. The van der Waals surface area contributed by atoms with E-state index in [1.807, 2.05) is 12.1 Å². The van der Waals surface area contributed by atoms with Crippen LogP contribution in [0, 0.1) is 23.2 Å². The van der Waals surface area contributed by atoms with Crippen molar-refractivity contribution in [3.8, 4) is 5.75 Å². The van der Waals surface area contributed by atoms with Crippen molar-refractivity contribution < 1.29 is 14.3 Å². The van der Waals surface area contributed by atoms with E-state index in [0.717, 1.165) is 36.6 Å². The van der Waals surface area contributed by atoms with E-state index < -0.39 is 0 Å². The number of carbonyl (C=O) groups is 2. The topological polar surface area (TPSA) is 70.7 Å². The van der Waals surface area contributed by atoms with Gasteiger partial charge < -0.3 is 15.4 Å². The lowest BCUT2D eigenvalue weighted by atomic mass is 9.49. The number of likely N-dealkylation sites (tertiary alicyclic amines) is 1. The molecule has 1 atom stereocenters. The second-order valence-electron chi connectivity index (χ2n) is 11.2. The van der Waals surface area contributed by atoms with E-state index >= 15 is 0 Å². The summed E-state index contributed by atoms with van der Waals surface area (Å²) in [6.45, 7) is 2.72. The Balaban J connectivity index is 1.11. The van der Waals surface area contributed by atoms with Gasteiger partial charge in [0.05, 0.1) is 19.7 Å². The molecule has 4 saturated carbocycles. The summed E-state index contributed by atoms with van der Waals surface area (Å²) in [6, 6.07) is 8.27. The van der Waals surface area contributed by atoms with Gasteiger partial charge in [-0.25, -0.2) is 0 Å². The summed E-state index contributed by atoms with van der Waals surface area (Å²) in [4.78, 5) is 27.8. The van der Waals surface area contributed by atoms with Gasteiger partial charge in [-0.05, 0) is 105 Å². The van der Waals surface area contributed by atoms with Crippen LogP contribution in [0.1, 0.15) is 69.4 Å². The molecule has 180 valence electrons. The summed E-state index contributed by atoms with van der Waals surface area (Å²) >= 11 is 0. The number of benzene rings is 1. The Labute approximate surface area is 197 Å². The number of hydrogen-bond donors (Lipinski definition) is 2. The van der Waals surface area contributed by atoms with Crippen LogP contribution in [0.15, 0.2) is 24.3 Å². The average Bonchev–Trinajstić information content (AvgIpc) is 3.31. The van der Waals surface area contributed by atoms with Gasteiger partial charge in [0.25, 0.3) is 0 Å². The zero-order valence-corrected chi connectivity index (χ0v) is 20.0. The van der Waals surface area contributed by atoms with Crippen LogP contribution in [0.5, 0.6) is 5.75 Å². The molecule has 4 bridgehead atoms. The molecule has 1 aromatic rings. The number of nitrogens with zero attached hydrogens (tertiary/aromatic N) is 1. The van der Waals surface area contributed by atoms with Gasteiger partial charge in [-0.15, -0.1) is 0 Å². The van der Waals surface area contributed by atoms with E-state index in [9.17, 15) is 9.59 Å². The maximum absolute atomic E-state index is 12.8. The van der Waals surface area contributed by atoms with Crippen LogP contribution < -0.4 is 15.4 Å². The average molecular weight is 454 g/mol. The highest BCUT2D eigenvalue weighted by Crippen LogP contribution is 2.61. The molecule has 6 nitrogen and oxygen atoms in total. The van der Waals surface area contributed by atoms with Gasteiger partial charge in [-0.2, -0.15) is 0 Å². The number of nitrogens with one attached hydrogen (secondary N) is 2. The molecule has 2 N–H and O–H groups in total. The maximum Gasteiger partial charge on any atom is 0.239 e. The van der Waals surface area contributed by atoms with Crippen molar-refractivity contribution in [3.63, 3.8) is 0 Å². The predicted octanol–water partition coefficient (Wildman–Crippen LogP) is 3.67. The normalized spacial score (nSPS) is 31.4. The van der Waals surface area contributed by atoms with Gasteiger partial charge in [-0.3, -0.25) is 14.5 Å². The summed E-state index contributed by atoms with van der Waals surface area (Å²) in [5.74, 6) is 3.31. The Kier molecular flexibility index (Phi) is 6.64. The number of rotatable bonds is 9. The highest BCUT2D eigenvalue weighted by atomic mass is 16.5. The third kappa shape index (κ3) is 5.21. The summed E-state index contributed by atoms with van der Waals surface area (Å²) in [5, 5.41) is 6.00. The van der Waals surface area contributed by atoms with Crippen molar-refractivity contribution in [2.45, 2.75) is 63.8 Å². The van der Waals surface area contributed by atoms with Crippen molar-refractivity contribution in [2.24, 2.45) is 23.2 Å². The van der Waals surface area contributed by atoms with Gasteiger partial charge in [0.2, 0.25) is 11.8 Å². The zero-order chi connectivity index (χ0) is 22.8. The quantitative estimate of drug-likeness (QED) is 0.599. The number of hydrogen-bond acceptors (Lipinski definition) is 4. The third-order valence-electron chi connectivity index (χ3n) is 8.72.